The Hall–Kier alpha value is -0.420. The number of rotatable bonds is 4. The second kappa shape index (κ2) is 9.57. The van der Waals surface area contributed by atoms with Crippen LogP contribution in [0.3, 0.4) is 0 Å². The minimum atomic E-state index is -0.509. The van der Waals surface area contributed by atoms with Crippen LogP contribution in [0, 0.1) is 17.6 Å². The van der Waals surface area contributed by atoms with Crippen LogP contribution in [0.5, 0.6) is 0 Å². The standard InChI is InChI=1S/C15H22F2N2.2ClH/c1-11(2)9-15(19-7-5-18-6-8-19)13-4-3-12(16)10-14(13)17;;/h3-4,10-11,15,18H,5-9H2,1-2H3;2*1H/t15-;;/m1../s1. The number of hydrogen-bond acceptors (Lipinski definition) is 2. The molecule has 1 aromatic carbocycles. The van der Waals surface area contributed by atoms with Crippen molar-refractivity contribution in [2.24, 2.45) is 5.92 Å². The second-order valence-corrected chi connectivity index (χ2v) is 5.60. The van der Waals surface area contributed by atoms with E-state index in [0.717, 1.165) is 38.7 Å². The first-order valence-electron chi connectivity index (χ1n) is 6.97. The molecule has 1 aliphatic rings. The molecule has 0 unspecified atom stereocenters. The van der Waals surface area contributed by atoms with Gasteiger partial charge in [-0.1, -0.05) is 19.9 Å². The van der Waals surface area contributed by atoms with Crippen LogP contribution < -0.4 is 5.32 Å². The van der Waals surface area contributed by atoms with Crippen molar-refractivity contribution in [1.82, 2.24) is 10.2 Å². The number of nitrogens with zero attached hydrogens (tertiary/aromatic N) is 1. The minimum absolute atomic E-state index is 0. The summed E-state index contributed by atoms with van der Waals surface area (Å²) in [6.07, 6.45) is 0.891. The summed E-state index contributed by atoms with van der Waals surface area (Å²) in [4.78, 5) is 2.30. The fourth-order valence-corrected chi connectivity index (χ4v) is 2.68. The van der Waals surface area contributed by atoms with Crippen LogP contribution in [0.25, 0.3) is 0 Å². The normalized spacial score (nSPS) is 17.0. The highest BCUT2D eigenvalue weighted by Gasteiger charge is 2.25. The van der Waals surface area contributed by atoms with Crippen molar-refractivity contribution in [2.75, 3.05) is 26.2 Å². The van der Waals surface area contributed by atoms with Gasteiger partial charge in [0.25, 0.3) is 0 Å². The third-order valence-electron chi connectivity index (χ3n) is 3.61. The van der Waals surface area contributed by atoms with Crippen LogP contribution in [-0.4, -0.2) is 31.1 Å². The van der Waals surface area contributed by atoms with Crippen molar-refractivity contribution in [3.8, 4) is 0 Å². The van der Waals surface area contributed by atoms with Gasteiger partial charge in [0.2, 0.25) is 0 Å². The summed E-state index contributed by atoms with van der Waals surface area (Å²) in [5.74, 6) is -0.460. The summed E-state index contributed by atoms with van der Waals surface area (Å²) < 4.78 is 27.1. The summed E-state index contributed by atoms with van der Waals surface area (Å²) in [7, 11) is 0. The van der Waals surface area contributed by atoms with Crippen LogP contribution in [0.2, 0.25) is 0 Å². The van der Waals surface area contributed by atoms with E-state index >= 15 is 0 Å². The summed E-state index contributed by atoms with van der Waals surface area (Å²) in [6, 6.07) is 3.99. The molecular formula is C15H24Cl2F2N2. The van der Waals surface area contributed by atoms with Gasteiger partial charge in [-0.05, 0) is 18.4 Å². The molecule has 0 aromatic heterocycles. The Morgan fingerprint density at radius 3 is 2.29 bits per heavy atom. The van der Waals surface area contributed by atoms with Gasteiger partial charge in [-0.25, -0.2) is 8.78 Å². The molecule has 2 nitrogen and oxygen atoms in total. The summed E-state index contributed by atoms with van der Waals surface area (Å²) in [5.41, 5.74) is 0.622. The van der Waals surface area contributed by atoms with Crippen LogP contribution in [0.1, 0.15) is 31.9 Å². The van der Waals surface area contributed by atoms with E-state index in [0.29, 0.717) is 11.5 Å². The zero-order valence-electron chi connectivity index (χ0n) is 12.4. The lowest BCUT2D eigenvalue weighted by Gasteiger charge is -2.36. The van der Waals surface area contributed by atoms with Gasteiger partial charge in [-0.2, -0.15) is 0 Å². The Labute approximate surface area is 138 Å². The van der Waals surface area contributed by atoms with Gasteiger partial charge >= 0.3 is 0 Å². The van der Waals surface area contributed by atoms with Crippen molar-refractivity contribution in [1.29, 1.82) is 0 Å². The monoisotopic (exact) mass is 340 g/mol. The Balaban J connectivity index is 0.00000200. The van der Waals surface area contributed by atoms with Gasteiger partial charge in [-0.3, -0.25) is 4.90 Å². The Morgan fingerprint density at radius 2 is 1.76 bits per heavy atom. The fraction of sp³-hybridized carbons (Fsp3) is 0.600. The predicted molar refractivity (Wildman–Crippen MR) is 87.5 cm³/mol. The molecule has 1 saturated heterocycles. The molecule has 1 fully saturated rings. The number of hydrogen-bond donors (Lipinski definition) is 1. The lowest BCUT2D eigenvalue weighted by atomic mass is 9.94. The lowest BCUT2D eigenvalue weighted by molar-refractivity contribution is 0.151. The molecule has 122 valence electrons. The van der Waals surface area contributed by atoms with E-state index < -0.39 is 11.6 Å². The maximum absolute atomic E-state index is 14.0. The molecule has 0 amide bonds. The lowest BCUT2D eigenvalue weighted by Crippen LogP contribution is -2.45. The molecule has 1 aromatic rings. The molecule has 0 radical (unpaired) electrons. The molecule has 1 atom stereocenters. The maximum atomic E-state index is 14.0. The Morgan fingerprint density at radius 1 is 1.14 bits per heavy atom. The van der Waals surface area contributed by atoms with Crippen molar-refractivity contribution in [2.45, 2.75) is 26.3 Å². The van der Waals surface area contributed by atoms with E-state index in [2.05, 4.69) is 24.1 Å². The Kier molecular flexibility index (Phi) is 9.38. The quantitative estimate of drug-likeness (QED) is 0.896. The summed E-state index contributed by atoms with van der Waals surface area (Å²) >= 11 is 0. The van der Waals surface area contributed by atoms with E-state index in [-0.39, 0.29) is 30.9 Å². The van der Waals surface area contributed by atoms with Crippen LogP contribution in [0.15, 0.2) is 18.2 Å². The van der Waals surface area contributed by atoms with E-state index in [1.165, 1.54) is 6.07 Å². The third-order valence-corrected chi connectivity index (χ3v) is 3.61. The largest absolute Gasteiger partial charge is 0.314 e. The van der Waals surface area contributed by atoms with Crippen molar-refractivity contribution in [3.63, 3.8) is 0 Å². The molecule has 6 heteroatoms. The highest BCUT2D eigenvalue weighted by molar-refractivity contribution is 5.85. The minimum Gasteiger partial charge on any atom is -0.314 e. The van der Waals surface area contributed by atoms with E-state index in [1.54, 1.807) is 6.07 Å². The zero-order valence-corrected chi connectivity index (χ0v) is 14.1. The first kappa shape index (κ1) is 20.6. The predicted octanol–water partition coefficient (Wildman–Crippen LogP) is 3.80. The number of benzene rings is 1. The van der Waals surface area contributed by atoms with E-state index in [1.807, 2.05) is 0 Å². The van der Waals surface area contributed by atoms with Crippen LogP contribution in [-0.2, 0) is 0 Å². The van der Waals surface area contributed by atoms with E-state index in [9.17, 15) is 8.78 Å². The van der Waals surface area contributed by atoms with Gasteiger partial charge < -0.3 is 5.32 Å². The van der Waals surface area contributed by atoms with Crippen LogP contribution >= 0.6 is 24.8 Å². The molecule has 0 aliphatic carbocycles. The summed E-state index contributed by atoms with van der Waals surface area (Å²) in [5, 5.41) is 3.30. The van der Waals surface area contributed by atoms with Crippen molar-refractivity contribution >= 4 is 24.8 Å². The SMILES string of the molecule is CC(C)C[C@H](c1ccc(F)cc1F)N1CCNCC1.Cl.Cl. The first-order chi connectivity index (χ1) is 9.08. The molecule has 21 heavy (non-hydrogen) atoms. The van der Waals surface area contributed by atoms with Gasteiger partial charge in [0.1, 0.15) is 11.6 Å². The molecule has 1 heterocycles. The van der Waals surface area contributed by atoms with Crippen molar-refractivity contribution in [3.05, 3.63) is 35.4 Å². The average Bonchev–Trinajstić information content (AvgIpc) is 2.37. The molecule has 1 aliphatic heterocycles. The second-order valence-electron chi connectivity index (χ2n) is 5.60. The third kappa shape index (κ3) is 5.70. The van der Waals surface area contributed by atoms with Crippen LogP contribution in [0.4, 0.5) is 8.78 Å². The fourth-order valence-electron chi connectivity index (χ4n) is 2.68. The van der Waals surface area contributed by atoms with Gasteiger partial charge in [0, 0.05) is 43.9 Å². The Bertz CT molecular complexity index is 424. The van der Waals surface area contributed by atoms with Gasteiger partial charge in [0.15, 0.2) is 0 Å². The maximum Gasteiger partial charge on any atom is 0.130 e. The highest BCUT2D eigenvalue weighted by Crippen LogP contribution is 2.30. The zero-order chi connectivity index (χ0) is 13.8. The molecule has 0 spiro atoms. The molecular weight excluding hydrogens is 317 g/mol. The van der Waals surface area contributed by atoms with Crippen molar-refractivity contribution < 1.29 is 8.78 Å². The topological polar surface area (TPSA) is 15.3 Å². The van der Waals surface area contributed by atoms with Gasteiger partial charge in [-0.15, -0.1) is 24.8 Å². The summed E-state index contributed by atoms with van der Waals surface area (Å²) in [6.45, 7) is 7.95. The molecule has 0 saturated carbocycles. The number of piperazine rings is 1. The average molecular weight is 341 g/mol. The smallest absolute Gasteiger partial charge is 0.130 e. The highest BCUT2D eigenvalue weighted by atomic mass is 35.5. The number of halogens is 4. The number of nitrogens with one attached hydrogen (secondary N) is 1. The van der Waals surface area contributed by atoms with Gasteiger partial charge in [0.05, 0.1) is 0 Å². The molecule has 2 rings (SSSR count). The molecule has 0 bridgehead atoms. The molecule has 1 N–H and O–H groups in total. The first-order valence-corrected chi connectivity index (χ1v) is 6.97. The van der Waals surface area contributed by atoms with E-state index in [4.69, 9.17) is 0 Å².